The quantitative estimate of drug-likeness (QED) is 0.0336. The number of nitrogens with one attached hydrogen (secondary N) is 7. The van der Waals surface area contributed by atoms with Crippen LogP contribution in [0.5, 0.6) is 5.75 Å². The molecule has 0 saturated heterocycles. The predicted molar refractivity (Wildman–Crippen MR) is 291 cm³/mol. The number of phenols is 1. The maximum Gasteiger partial charge on any atom is 0.326 e. The number of carboxylic acid groups (broad SMARTS) is 2. The molecule has 0 spiro atoms. The molecule has 0 heterocycles. The van der Waals surface area contributed by atoms with E-state index in [-0.39, 0.29) is 50.2 Å². The number of nitrogens with two attached hydrogens (primary N) is 2. The Labute approximate surface area is 451 Å². The van der Waals surface area contributed by atoms with Crippen LogP contribution >= 0.6 is 25.3 Å². The molecule has 8 atom stereocenters. The van der Waals surface area contributed by atoms with E-state index in [1.807, 2.05) is 24.3 Å². The third kappa shape index (κ3) is 18.9. The number of phenolic OH excluding ortho intramolecular Hbond substituents is 1. The van der Waals surface area contributed by atoms with Gasteiger partial charge in [-0.05, 0) is 78.7 Å². The van der Waals surface area contributed by atoms with Gasteiger partial charge in [0, 0.05) is 29.8 Å². The lowest BCUT2D eigenvalue weighted by Crippen LogP contribution is -2.63. The Hall–Kier alpha value is -7.21. The molecule has 4 aromatic carbocycles. The van der Waals surface area contributed by atoms with Gasteiger partial charge in [0.1, 0.15) is 48.0 Å². The molecule has 0 aromatic heterocycles. The summed E-state index contributed by atoms with van der Waals surface area (Å²) in [6.07, 6.45) is -1.03. The lowest BCUT2D eigenvalue weighted by Gasteiger charge is -2.32. The van der Waals surface area contributed by atoms with Crippen molar-refractivity contribution in [3.8, 4) is 5.75 Å². The van der Waals surface area contributed by atoms with Gasteiger partial charge in [-0.3, -0.25) is 38.4 Å². The van der Waals surface area contributed by atoms with Gasteiger partial charge in [0.25, 0.3) is 0 Å². The first-order valence-corrected chi connectivity index (χ1v) is 25.6. The molecule has 0 radical (unpaired) electrons. The van der Waals surface area contributed by atoms with Gasteiger partial charge in [0.2, 0.25) is 41.4 Å². The SMILES string of the molecule is CC(C)[C@H](NC(=O)[C@H](CS)NC(=O)[C@H](Cc1ccc(O)cc1)NC(=O)[C@H](CCCN)NC(=O)[C@@H](Cc1cccc2ccccc12)NC(=O)[C@H](Cc1ccccc1)NC(=O)[C@@H](NC(=O)[C@@H](N)CC(=O)O)C(C)(C)S)C(=O)O. The van der Waals surface area contributed by atoms with Crippen LogP contribution in [0.2, 0.25) is 0 Å². The monoisotopic (exact) mass is 1090 g/mol. The fourth-order valence-corrected chi connectivity index (χ4v) is 8.46. The van der Waals surface area contributed by atoms with Crippen LogP contribution in [0.3, 0.4) is 0 Å². The van der Waals surface area contributed by atoms with Gasteiger partial charge in [-0.2, -0.15) is 25.3 Å². The largest absolute Gasteiger partial charge is 0.508 e. The highest BCUT2D eigenvalue weighted by atomic mass is 32.1. The molecule has 0 bridgehead atoms. The van der Waals surface area contributed by atoms with Crippen molar-refractivity contribution in [2.24, 2.45) is 17.4 Å². The standard InChI is InChI=1S/C53H69N9O12S2/c1-29(2)43(52(73)74)61-50(71)41(28-75)60-48(69)38(25-31-19-21-34(63)22-20-31)57-46(67)37(18-11-23-54)56-49(70)40(26-33-16-10-15-32-14-8-9-17-35(32)33)58-47(68)39(24-30-12-6-5-7-13-30)59-51(72)44(53(3,4)76)62-45(66)36(55)27-42(64)65/h5-10,12-17,19-22,29,36-41,43-44,63,75-76H,11,18,23-28,54-55H2,1-4H3,(H,56,70)(H,57,67)(H,58,68)(H,59,72)(H,60,69)(H,61,71)(H,62,66)(H,64,65)(H,73,74)/t36-,37-,38-,39-,40+,41-,43-,44+/m0/s1. The van der Waals surface area contributed by atoms with Crippen molar-refractivity contribution in [2.75, 3.05) is 12.3 Å². The molecule has 0 aliphatic rings. The third-order valence-corrected chi connectivity index (χ3v) is 12.8. The minimum atomic E-state index is -1.52. The number of hydrogen-bond acceptors (Lipinski definition) is 14. The Bertz CT molecular complexity index is 2670. The van der Waals surface area contributed by atoms with Crippen molar-refractivity contribution in [3.05, 3.63) is 114 Å². The number of carbonyl (C=O) groups excluding carboxylic acids is 7. The Morgan fingerprint density at radius 2 is 1.07 bits per heavy atom. The van der Waals surface area contributed by atoms with E-state index < -0.39 is 119 Å². The molecule has 4 aromatic rings. The molecule has 7 amide bonds. The lowest BCUT2D eigenvalue weighted by atomic mass is 9.97. The van der Waals surface area contributed by atoms with Crippen LogP contribution in [-0.4, -0.2) is 134 Å². The third-order valence-electron chi connectivity index (χ3n) is 12.2. The van der Waals surface area contributed by atoms with Crippen molar-refractivity contribution in [1.29, 1.82) is 0 Å². The molecule has 0 aliphatic heterocycles. The van der Waals surface area contributed by atoms with Crippen molar-refractivity contribution < 1.29 is 58.5 Å². The molecule has 4 rings (SSSR count). The number of carbonyl (C=O) groups is 9. The summed E-state index contributed by atoms with van der Waals surface area (Å²) >= 11 is 8.76. The van der Waals surface area contributed by atoms with E-state index in [2.05, 4.69) is 62.5 Å². The van der Waals surface area contributed by atoms with Crippen molar-refractivity contribution in [2.45, 2.75) is 119 Å². The Kier molecular flexibility index (Phi) is 23.6. The zero-order valence-electron chi connectivity index (χ0n) is 42.7. The van der Waals surface area contributed by atoms with Crippen molar-refractivity contribution >= 4 is 89.3 Å². The summed E-state index contributed by atoms with van der Waals surface area (Å²) < 4.78 is -1.29. The zero-order valence-corrected chi connectivity index (χ0v) is 44.4. The van der Waals surface area contributed by atoms with Gasteiger partial charge in [-0.25, -0.2) is 4.79 Å². The lowest BCUT2D eigenvalue weighted by molar-refractivity contribution is -0.143. The summed E-state index contributed by atoms with van der Waals surface area (Å²) in [5.41, 5.74) is 13.4. The van der Waals surface area contributed by atoms with Gasteiger partial charge in [0.15, 0.2) is 0 Å². The van der Waals surface area contributed by atoms with Crippen LogP contribution in [0, 0.1) is 5.92 Å². The second-order valence-corrected chi connectivity index (χ2v) is 20.7. The molecule has 410 valence electrons. The first kappa shape index (κ1) is 61.3. The summed E-state index contributed by atoms with van der Waals surface area (Å²) in [5.74, 6) is -9.57. The Morgan fingerprint density at radius 3 is 1.61 bits per heavy atom. The molecule has 0 fully saturated rings. The van der Waals surface area contributed by atoms with E-state index >= 15 is 0 Å². The fraction of sp³-hybridized carbons (Fsp3) is 0.415. The van der Waals surface area contributed by atoms with E-state index in [9.17, 15) is 58.5 Å². The highest BCUT2D eigenvalue weighted by molar-refractivity contribution is 7.81. The van der Waals surface area contributed by atoms with Crippen LogP contribution in [0.1, 0.15) is 63.6 Å². The zero-order chi connectivity index (χ0) is 56.3. The first-order chi connectivity index (χ1) is 35.9. The minimum Gasteiger partial charge on any atom is -0.508 e. The van der Waals surface area contributed by atoms with Crippen molar-refractivity contribution in [3.63, 3.8) is 0 Å². The number of thiol groups is 2. The molecule has 0 unspecified atom stereocenters. The maximum atomic E-state index is 14.9. The number of benzene rings is 4. The highest BCUT2D eigenvalue weighted by Crippen LogP contribution is 2.22. The average molecular weight is 1090 g/mol. The number of amides is 7. The van der Waals surface area contributed by atoms with Crippen molar-refractivity contribution in [1.82, 2.24) is 37.2 Å². The molecular weight excluding hydrogens is 1020 g/mol. The summed E-state index contributed by atoms with van der Waals surface area (Å²) in [6.45, 7) is 6.30. The molecule has 0 saturated carbocycles. The smallest absolute Gasteiger partial charge is 0.326 e. The fourth-order valence-electron chi connectivity index (χ4n) is 8.03. The maximum absolute atomic E-state index is 14.9. The van der Waals surface area contributed by atoms with E-state index in [0.717, 1.165) is 10.8 Å². The van der Waals surface area contributed by atoms with E-state index in [4.69, 9.17) is 11.5 Å². The summed E-state index contributed by atoms with van der Waals surface area (Å²) in [7, 11) is 0. The van der Waals surface area contributed by atoms with Gasteiger partial charge in [-0.15, -0.1) is 0 Å². The van der Waals surface area contributed by atoms with Gasteiger partial charge in [0.05, 0.1) is 12.5 Å². The molecule has 21 nitrogen and oxygen atoms in total. The number of rotatable bonds is 29. The summed E-state index contributed by atoms with van der Waals surface area (Å²) in [6, 6.07) is 15.8. The Balaban J connectivity index is 1.72. The number of hydrogen-bond donors (Lipinski definition) is 14. The van der Waals surface area contributed by atoms with Gasteiger partial charge in [-0.1, -0.05) is 98.8 Å². The molecule has 23 heteroatoms. The molecule has 14 N–H and O–H groups in total. The molecule has 0 aliphatic carbocycles. The van der Waals surface area contributed by atoms with Gasteiger partial charge >= 0.3 is 11.9 Å². The number of fused-ring (bicyclic) bond motifs is 1. The molecule has 76 heavy (non-hydrogen) atoms. The second-order valence-electron chi connectivity index (χ2n) is 19.2. The number of carboxylic acids is 2. The van der Waals surface area contributed by atoms with E-state index in [1.165, 1.54) is 38.1 Å². The topological polar surface area (TPSA) is 351 Å². The van der Waals surface area contributed by atoms with Crippen LogP contribution < -0.4 is 48.7 Å². The highest BCUT2D eigenvalue weighted by Gasteiger charge is 2.39. The van der Waals surface area contributed by atoms with Crippen LogP contribution in [-0.2, 0) is 62.4 Å². The first-order valence-electron chi connectivity index (χ1n) is 24.6. The predicted octanol–water partition coefficient (Wildman–Crippen LogP) is 0.887. The summed E-state index contributed by atoms with van der Waals surface area (Å²) in [4.78, 5) is 122. The normalized spacial score (nSPS) is 14.5. The summed E-state index contributed by atoms with van der Waals surface area (Å²) in [5, 5.41) is 48.8. The Morgan fingerprint density at radius 1 is 0.579 bits per heavy atom. The van der Waals surface area contributed by atoms with Crippen LogP contribution in [0.15, 0.2) is 97.1 Å². The average Bonchev–Trinajstić information content (AvgIpc) is 3.36. The van der Waals surface area contributed by atoms with Crippen LogP contribution in [0.25, 0.3) is 10.8 Å². The van der Waals surface area contributed by atoms with E-state index in [0.29, 0.717) is 16.7 Å². The van der Waals surface area contributed by atoms with E-state index in [1.54, 1.807) is 62.4 Å². The number of aliphatic carboxylic acids is 2. The minimum absolute atomic E-state index is 0.0561. The van der Waals surface area contributed by atoms with Gasteiger partial charge < -0.3 is 64.0 Å². The molecular formula is C53H69N9O12S2. The second kappa shape index (κ2) is 29.2. The van der Waals surface area contributed by atoms with Crippen LogP contribution in [0.4, 0.5) is 0 Å². The number of aromatic hydroxyl groups is 1.